The molecule has 0 radical (unpaired) electrons. The molecule has 1 saturated heterocycles. The Hall–Kier alpha value is -1.01. The molecule has 1 aromatic rings. The van der Waals surface area contributed by atoms with Crippen molar-refractivity contribution < 1.29 is 35.2 Å². The summed E-state index contributed by atoms with van der Waals surface area (Å²) in [5.41, 5.74) is -1.74. The SMILES string of the molecule is CCCS(=O)(=O)N1CCN(C2(CCC(=O)c3ccc(C(F)(F)F)cc3Cl)CCC(F)(F)CC2)C(C)C1.Cl. The fourth-order valence-electron chi connectivity index (χ4n) is 5.43. The van der Waals surface area contributed by atoms with Gasteiger partial charge in [0, 0.05) is 56.0 Å². The number of hydrogen-bond donors (Lipinski definition) is 0. The maximum Gasteiger partial charge on any atom is 0.416 e. The zero-order chi connectivity index (χ0) is 26.9. The second kappa shape index (κ2) is 12.0. The van der Waals surface area contributed by atoms with Crippen LogP contribution < -0.4 is 0 Å². The number of benzene rings is 1. The van der Waals surface area contributed by atoms with Crippen molar-refractivity contribution in [3.05, 3.63) is 34.3 Å². The predicted octanol–water partition coefficient (Wildman–Crippen LogP) is 6.44. The summed E-state index contributed by atoms with van der Waals surface area (Å²) in [6.07, 6.45) is -4.36. The van der Waals surface area contributed by atoms with Crippen LogP contribution in [-0.4, -0.2) is 66.3 Å². The van der Waals surface area contributed by atoms with Crippen molar-refractivity contribution in [1.82, 2.24) is 9.21 Å². The van der Waals surface area contributed by atoms with E-state index in [2.05, 4.69) is 4.90 Å². The second-order valence-corrected chi connectivity index (χ2v) is 12.4. The lowest BCUT2D eigenvalue weighted by Crippen LogP contribution is -2.63. The van der Waals surface area contributed by atoms with Gasteiger partial charge in [-0.1, -0.05) is 18.5 Å². The van der Waals surface area contributed by atoms with Crippen LogP contribution in [-0.2, 0) is 16.2 Å². The van der Waals surface area contributed by atoms with Crippen LogP contribution in [0.1, 0.15) is 74.7 Å². The van der Waals surface area contributed by atoms with E-state index >= 15 is 0 Å². The van der Waals surface area contributed by atoms with E-state index in [1.54, 1.807) is 6.92 Å². The first kappa shape index (κ1) is 32.2. The first-order valence-electron chi connectivity index (χ1n) is 12.1. The van der Waals surface area contributed by atoms with E-state index in [1.165, 1.54) is 4.31 Å². The molecule has 0 bridgehead atoms. The van der Waals surface area contributed by atoms with Crippen LogP contribution in [0.3, 0.4) is 0 Å². The molecule has 1 heterocycles. The number of nitrogens with zero attached hydrogens (tertiary/aromatic N) is 2. The Morgan fingerprint density at radius 1 is 1.14 bits per heavy atom. The van der Waals surface area contributed by atoms with Crippen molar-refractivity contribution in [1.29, 1.82) is 0 Å². The molecule has 1 unspecified atom stereocenters. The summed E-state index contributed by atoms with van der Waals surface area (Å²) in [4.78, 5) is 15.0. The fourth-order valence-corrected chi connectivity index (χ4v) is 7.29. The number of piperazine rings is 1. The second-order valence-electron chi connectivity index (χ2n) is 9.91. The number of rotatable bonds is 8. The summed E-state index contributed by atoms with van der Waals surface area (Å²) < 4.78 is 93.5. The zero-order valence-electron chi connectivity index (χ0n) is 20.8. The van der Waals surface area contributed by atoms with E-state index in [9.17, 15) is 35.2 Å². The first-order valence-corrected chi connectivity index (χ1v) is 14.1. The Bertz CT molecular complexity index is 1060. The molecule has 1 saturated carbocycles. The smallest absolute Gasteiger partial charge is 0.294 e. The normalized spacial score (nSPS) is 22.9. The number of ketones is 1. The molecule has 212 valence electrons. The maximum absolute atomic E-state index is 14.1. The summed E-state index contributed by atoms with van der Waals surface area (Å²) in [5, 5.41) is -0.304. The van der Waals surface area contributed by atoms with Crippen LogP contribution in [0, 0.1) is 0 Å². The molecule has 2 fully saturated rings. The molecule has 2 aliphatic rings. The highest BCUT2D eigenvalue weighted by atomic mass is 35.5. The van der Waals surface area contributed by atoms with Crippen molar-refractivity contribution >= 4 is 39.8 Å². The van der Waals surface area contributed by atoms with Crippen molar-refractivity contribution in [3.8, 4) is 0 Å². The molecule has 1 aromatic carbocycles. The third-order valence-electron chi connectivity index (χ3n) is 7.38. The van der Waals surface area contributed by atoms with Gasteiger partial charge in [-0.05, 0) is 50.8 Å². The number of halogens is 7. The Labute approximate surface area is 226 Å². The summed E-state index contributed by atoms with van der Waals surface area (Å²) in [6.45, 7) is 4.47. The summed E-state index contributed by atoms with van der Waals surface area (Å²) in [7, 11) is -3.40. The minimum Gasteiger partial charge on any atom is -0.294 e. The lowest BCUT2D eigenvalue weighted by Gasteiger charge is -2.53. The molecule has 1 atom stereocenters. The van der Waals surface area contributed by atoms with E-state index < -0.39 is 39.0 Å². The van der Waals surface area contributed by atoms with Gasteiger partial charge in [0.25, 0.3) is 0 Å². The lowest BCUT2D eigenvalue weighted by molar-refractivity contribution is -0.137. The van der Waals surface area contributed by atoms with Gasteiger partial charge in [0.2, 0.25) is 15.9 Å². The molecule has 37 heavy (non-hydrogen) atoms. The van der Waals surface area contributed by atoms with Gasteiger partial charge in [0.15, 0.2) is 5.78 Å². The average molecular weight is 596 g/mol. The number of sulfonamides is 1. The third-order valence-corrected chi connectivity index (χ3v) is 9.74. The lowest BCUT2D eigenvalue weighted by atomic mass is 9.74. The molecule has 1 aliphatic carbocycles. The quantitative estimate of drug-likeness (QED) is 0.257. The van der Waals surface area contributed by atoms with Crippen LogP contribution in [0.2, 0.25) is 5.02 Å². The van der Waals surface area contributed by atoms with E-state index in [0.29, 0.717) is 19.0 Å². The highest BCUT2D eigenvalue weighted by Crippen LogP contribution is 2.45. The molecular weight excluding hydrogens is 562 g/mol. The largest absolute Gasteiger partial charge is 0.416 e. The minimum absolute atomic E-state index is 0. The number of Topliss-reactive ketones (excluding diaryl/α,β-unsaturated/α-hetero) is 1. The highest BCUT2D eigenvalue weighted by molar-refractivity contribution is 7.89. The maximum atomic E-state index is 14.1. The highest BCUT2D eigenvalue weighted by Gasteiger charge is 2.49. The van der Waals surface area contributed by atoms with Crippen molar-refractivity contribution in [2.75, 3.05) is 25.4 Å². The van der Waals surface area contributed by atoms with Crippen LogP contribution in [0.4, 0.5) is 22.0 Å². The van der Waals surface area contributed by atoms with E-state index in [-0.39, 0.29) is 86.4 Å². The Morgan fingerprint density at radius 2 is 1.76 bits per heavy atom. The number of hydrogen-bond acceptors (Lipinski definition) is 4. The molecule has 0 aromatic heterocycles. The number of carbonyl (C=O) groups is 1. The van der Waals surface area contributed by atoms with E-state index in [1.807, 2.05) is 6.92 Å². The Kier molecular flexibility index (Phi) is 10.5. The molecule has 0 amide bonds. The minimum atomic E-state index is -4.59. The van der Waals surface area contributed by atoms with Gasteiger partial charge < -0.3 is 0 Å². The molecule has 3 rings (SSSR count). The van der Waals surface area contributed by atoms with Crippen molar-refractivity contribution in [2.45, 2.75) is 82.5 Å². The van der Waals surface area contributed by atoms with E-state index in [4.69, 9.17) is 11.6 Å². The average Bonchev–Trinajstić information content (AvgIpc) is 2.78. The Balaban J connectivity index is 0.00000481. The zero-order valence-corrected chi connectivity index (χ0v) is 23.2. The molecule has 13 heteroatoms. The topological polar surface area (TPSA) is 57.7 Å². The van der Waals surface area contributed by atoms with Gasteiger partial charge in [-0.3, -0.25) is 9.69 Å². The van der Waals surface area contributed by atoms with Crippen LogP contribution in [0.25, 0.3) is 0 Å². The molecule has 5 nitrogen and oxygen atoms in total. The van der Waals surface area contributed by atoms with Gasteiger partial charge in [-0.15, -0.1) is 12.4 Å². The fraction of sp³-hybridized carbons (Fsp3) is 0.708. The summed E-state index contributed by atoms with van der Waals surface area (Å²) >= 11 is 5.99. The van der Waals surface area contributed by atoms with Crippen molar-refractivity contribution in [2.24, 2.45) is 0 Å². The molecular formula is C24H33Cl2F5N2O3S. The van der Waals surface area contributed by atoms with Gasteiger partial charge >= 0.3 is 6.18 Å². The van der Waals surface area contributed by atoms with E-state index in [0.717, 1.165) is 12.1 Å². The number of carbonyl (C=O) groups excluding carboxylic acids is 1. The van der Waals surface area contributed by atoms with Crippen LogP contribution in [0.15, 0.2) is 18.2 Å². The first-order chi connectivity index (χ1) is 16.6. The van der Waals surface area contributed by atoms with Gasteiger partial charge in [-0.2, -0.15) is 17.5 Å². The Morgan fingerprint density at radius 3 is 2.27 bits per heavy atom. The molecule has 0 spiro atoms. The van der Waals surface area contributed by atoms with Gasteiger partial charge in [-0.25, -0.2) is 17.2 Å². The predicted molar refractivity (Wildman–Crippen MR) is 135 cm³/mol. The molecule has 0 N–H and O–H groups in total. The molecule has 1 aliphatic heterocycles. The standard InChI is InChI=1S/C24H32ClF5N2O3S.ClH/c1-3-14-36(34,35)31-12-13-32(17(2)16-31)22(8-10-23(26,27)11-9-22)7-6-21(33)19-5-4-18(15-20(19)25)24(28,29)30;/h4-5,15,17H,3,6-14,16H2,1-2H3;1H. The van der Waals surface area contributed by atoms with Crippen LogP contribution >= 0.6 is 24.0 Å². The van der Waals surface area contributed by atoms with Crippen molar-refractivity contribution in [3.63, 3.8) is 0 Å². The summed E-state index contributed by atoms with van der Waals surface area (Å²) in [5.74, 6) is -3.22. The third kappa shape index (κ3) is 7.56. The number of alkyl halides is 5. The van der Waals surface area contributed by atoms with Gasteiger partial charge in [0.1, 0.15) is 0 Å². The van der Waals surface area contributed by atoms with Crippen LogP contribution in [0.5, 0.6) is 0 Å². The summed E-state index contributed by atoms with van der Waals surface area (Å²) in [6, 6.07) is 2.31. The van der Waals surface area contributed by atoms with Gasteiger partial charge in [0.05, 0.1) is 16.3 Å². The monoisotopic (exact) mass is 594 g/mol.